The van der Waals surface area contributed by atoms with Gasteiger partial charge in [0.25, 0.3) is 5.91 Å². The first-order valence-corrected chi connectivity index (χ1v) is 12.5. The molecule has 9 heteroatoms. The third-order valence-corrected chi connectivity index (χ3v) is 7.21. The lowest BCUT2D eigenvalue weighted by Gasteiger charge is -2.29. The fourth-order valence-electron chi connectivity index (χ4n) is 5.30. The van der Waals surface area contributed by atoms with Crippen molar-refractivity contribution in [2.24, 2.45) is 0 Å². The van der Waals surface area contributed by atoms with Gasteiger partial charge in [-0.3, -0.25) is 14.1 Å². The maximum atomic E-state index is 14.1. The summed E-state index contributed by atoms with van der Waals surface area (Å²) < 4.78 is 9.69. The molecule has 6 rings (SSSR count). The van der Waals surface area contributed by atoms with Crippen LogP contribution in [0.2, 0.25) is 5.02 Å². The Morgan fingerprint density at radius 3 is 2.61 bits per heavy atom. The number of halogens is 1. The molecule has 2 aliphatic rings. The van der Waals surface area contributed by atoms with Crippen LogP contribution >= 0.6 is 11.6 Å². The van der Waals surface area contributed by atoms with E-state index in [1.54, 1.807) is 0 Å². The van der Waals surface area contributed by atoms with Gasteiger partial charge in [-0.2, -0.15) is 0 Å². The van der Waals surface area contributed by atoms with Crippen molar-refractivity contribution in [3.63, 3.8) is 0 Å². The fraction of sp³-hybridized carbons (Fsp3) is 0.333. The number of aromatic nitrogens is 5. The summed E-state index contributed by atoms with van der Waals surface area (Å²) in [7, 11) is 0. The standard InChI is InChI=1S/C27H27ClN6O2/c1-15(2)33-24-22(29-26(33)19-9-11-36-12-10-19)27(35)34(23(24)18-5-7-20(28)8-6-18)21-13-16(3)25-31-30-17(4)32(25)14-21/h5-9,13-15,23H,10-12H2,1-4H3/t23-/m0/s1. The Labute approximate surface area is 214 Å². The van der Waals surface area contributed by atoms with Gasteiger partial charge >= 0.3 is 0 Å². The van der Waals surface area contributed by atoms with E-state index < -0.39 is 0 Å². The molecule has 1 atom stereocenters. The highest BCUT2D eigenvalue weighted by Gasteiger charge is 2.45. The maximum Gasteiger partial charge on any atom is 0.279 e. The molecule has 0 spiro atoms. The van der Waals surface area contributed by atoms with Crippen LogP contribution in [0.3, 0.4) is 0 Å². The molecule has 0 unspecified atom stereocenters. The van der Waals surface area contributed by atoms with E-state index in [2.05, 4.69) is 34.7 Å². The number of fused-ring (bicyclic) bond motifs is 2. The van der Waals surface area contributed by atoms with E-state index in [1.165, 1.54) is 0 Å². The molecule has 0 fully saturated rings. The van der Waals surface area contributed by atoms with Crippen LogP contribution in [0.1, 0.15) is 71.3 Å². The molecule has 0 saturated heterocycles. The quantitative estimate of drug-likeness (QED) is 0.377. The van der Waals surface area contributed by atoms with Crippen LogP contribution in [-0.4, -0.2) is 43.3 Å². The zero-order valence-corrected chi connectivity index (χ0v) is 21.5. The highest BCUT2D eigenvalue weighted by atomic mass is 35.5. The Morgan fingerprint density at radius 2 is 1.92 bits per heavy atom. The number of imidazole rings is 1. The van der Waals surface area contributed by atoms with Crippen molar-refractivity contribution in [2.45, 2.75) is 46.2 Å². The van der Waals surface area contributed by atoms with Crippen molar-refractivity contribution in [1.82, 2.24) is 24.1 Å². The highest BCUT2D eigenvalue weighted by molar-refractivity contribution is 6.30. The topological polar surface area (TPSA) is 77.6 Å². The molecule has 0 N–H and O–H groups in total. The minimum atomic E-state index is -0.359. The van der Waals surface area contributed by atoms with Gasteiger partial charge in [0.1, 0.15) is 17.7 Å². The number of amides is 1. The van der Waals surface area contributed by atoms with E-state index in [0.717, 1.165) is 51.8 Å². The summed E-state index contributed by atoms with van der Waals surface area (Å²) in [6, 6.07) is 9.46. The molecule has 0 aliphatic carbocycles. The predicted molar refractivity (Wildman–Crippen MR) is 139 cm³/mol. The summed E-state index contributed by atoms with van der Waals surface area (Å²) in [5.74, 6) is 1.50. The van der Waals surface area contributed by atoms with Crippen LogP contribution in [0.4, 0.5) is 5.69 Å². The Kier molecular flexibility index (Phi) is 5.46. The van der Waals surface area contributed by atoms with Crippen molar-refractivity contribution in [2.75, 3.05) is 18.1 Å². The third kappa shape index (κ3) is 3.47. The predicted octanol–water partition coefficient (Wildman–Crippen LogP) is 5.33. The molecule has 5 heterocycles. The van der Waals surface area contributed by atoms with Crippen molar-refractivity contribution in [1.29, 1.82) is 0 Å². The number of carbonyl (C=O) groups excluding carboxylic acids is 1. The number of benzene rings is 1. The van der Waals surface area contributed by atoms with Crippen molar-refractivity contribution in [3.8, 4) is 0 Å². The smallest absolute Gasteiger partial charge is 0.279 e. The molecule has 0 saturated carbocycles. The number of ether oxygens (including phenoxy) is 1. The Hall–Kier alpha value is -3.49. The first-order chi connectivity index (χ1) is 17.3. The lowest BCUT2D eigenvalue weighted by atomic mass is 10.0. The SMILES string of the molecule is Cc1cc(N2C(=O)c3nc(C4=CCOCC4)n(C(C)C)c3[C@@H]2c2ccc(Cl)cc2)cn2c(C)nnc12. The van der Waals surface area contributed by atoms with Gasteiger partial charge in [-0.05, 0) is 69.0 Å². The van der Waals surface area contributed by atoms with E-state index in [1.807, 2.05) is 59.7 Å². The van der Waals surface area contributed by atoms with Crippen LogP contribution in [0.15, 0.2) is 42.6 Å². The zero-order valence-electron chi connectivity index (χ0n) is 20.7. The number of pyridine rings is 1. The molecule has 4 aromatic rings. The third-order valence-electron chi connectivity index (χ3n) is 6.96. The van der Waals surface area contributed by atoms with E-state index in [-0.39, 0.29) is 18.0 Å². The number of hydrogen-bond acceptors (Lipinski definition) is 5. The molecule has 0 radical (unpaired) electrons. The molecular formula is C27H27ClN6O2. The number of nitrogens with zero attached hydrogens (tertiary/aromatic N) is 6. The number of anilines is 1. The first kappa shape index (κ1) is 22.9. The minimum absolute atomic E-state index is 0.104. The van der Waals surface area contributed by atoms with E-state index >= 15 is 0 Å². The molecule has 36 heavy (non-hydrogen) atoms. The lowest BCUT2D eigenvalue weighted by molar-refractivity contribution is 0.0989. The summed E-state index contributed by atoms with van der Waals surface area (Å²) in [6.45, 7) is 9.37. The second kappa shape index (κ2) is 8.57. The van der Waals surface area contributed by atoms with Crippen LogP contribution in [0, 0.1) is 13.8 Å². The maximum absolute atomic E-state index is 14.1. The van der Waals surface area contributed by atoms with E-state index in [9.17, 15) is 4.79 Å². The highest BCUT2D eigenvalue weighted by Crippen LogP contribution is 2.44. The molecule has 2 aliphatic heterocycles. The molecule has 1 aromatic carbocycles. The molecule has 8 nitrogen and oxygen atoms in total. The van der Waals surface area contributed by atoms with Gasteiger partial charge in [0.15, 0.2) is 11.3 Å². The summed E-state index contributed by atoms with van der Waals surface area (Å²) >= 11 is 6.24. The molecular weight excluding hydrogens is 476 g/mol. The van der Waals surface area contributed by atoms with E-state index in [4.69, 9.17) is 21.3 Å². The van der Waals surface area contributed by atoms with Crippen molar-refractivity contribution < 1.29 is 9.53 Å². The van der Waals surface area contributed by atoms with Gasteiger partial charge in [-0.15, -0.1) is 10.2 Å². The van der Waals surface area contributed by atoms with Crippen LogP contribution in [0.25, 0.3) is 11.2 Å². The summed E-state index contributed by atoms with van der Waals surface area (Å²) in [5.41, 5.74) is 5.98. The average molecular weight is 503 g/mol. The Balaban J connectivity index is 1.59. The largest absolute Gasteiger partial charge is 0.377 e. The van der Waals surface area contributed by atoms with Crippen molar-refractivity contribution >= 4 is 34.4 Å². The fourth-order valence-corrected chi connectivity index (χ4v) is 5.42. The molecule has 0 bridgehead atoms. The summed E-state index contributed by atoms with van der Waals surface area (Å²) in [5, 5.41) is 9.16. The number of rotatable bonds is 4. The van der Waals surface area contributed by atoms with Gasteiger partial charge in [-0.1, -0.05) is 29.8 Å². The number of aryl methyl sites for hydroxylation is 2. The molecule has 1 amide bonds. The molecule has 3 aromatic heterocycles. The first-order valence-electron chi connectivity index (χ1n) is 12.2. The van der Waals surface area contributed by atoms with Crippen LogP contribution < -0.4 is 4.90 Å². The second-order valence-electron chi connectivity index (χ2n) is 9.64. The Morgan fingerprint density at radius 1 is 1.14 bits per heavy atom. The number of hydrogen-bond donors (Lipinski definition) is 0. The zero-order chi connectivity index (χ0) is 25.1. The average Bonchev–Trinajstić information content (AvgIpc) is 3.52. The van der Waals surface area contributed by atoms with Crippen LogP contribution in [-0.2, 0) is 4.74 Å². The second-order valence-corrected chi connectivity index (χ2v) is 10.1. The number of carbonyl (C=O) groups is 1. The van der Waals surface area contributed by atoms with E-state index in [0.29, 0.717) is 23.9 Å². The van der Waals surface area contributed by atoms with Crippen LogP contribution in [0.5, 0.6) is 0 Å². The van der Waals surface area contributed by atoms with Gasteiger partial charge in [-0.25, -0.2) is 4.98 Å². The van der Waals surface area contributed by atoms with Crippen molar-refractivity contribution in [3.05, 3.63) is 81.8 Å². The minimum Gasteiger partial charge on any atom is -0.377 e. The van der Waals surface area contributed by atoms with Gasteiger partial charge < -0.3 is 9.30 Å². The lowest BCUT2D eigenvalue weighted by Crippen LogP contribution is -2.31. The normalized spacial score (nSPS) is 17.8. The monoisotopic (exact) mass is 502 g/mol. The van der Waals surface area contributed by atoms with Gasteiger partial charge in [0, 0.05) is 17.3 Å². The summed E-state index contributed by atoms with van der Waals surface area (Å²) in [6.07, 6.45) is 4.78. The molecule has 184 valence electrons. The Bertz CT molecular complexity index is 1530. The van der Waals surface area contributed by atoms with Gasteiger partial charge in [0.05, 0.1) is 24.6 Å². The van der Waals surface area contributed by atoms with Gasteiger partial charge in [0.2, 0.25) is 0 Å². The summed E-state index contributed by atoms with van der Waals surface area (Å²) in [4.78, 5) is 20.9.